The molecule has 4 rings (SSSR count). The minimum Gasteiger partial charge on any atom is -0.290 e. The van der Waals surface area contributed by atoms with Gasteiger partial charge in [0.15, 0.2) is 0 Å². The van der Waals surface area contributed by atoms with E-state index < -0.39 is 5.56 Å². The number of nitrogens with zero attached hydrogens (tertiary/aromatic N) is 4. The molecule has 146 valence electrons. The van der Waals surface area contributed by atoms with Gasteiger partial charge in [-0.25, -0.2) is 10.4 Å². The van der Waals surface area contributed by atoms with Crippen LogP contribution in [0.5, 0.6) is 0 Å². The van der Waals surface area contributed by atoms with E-state index in [-0.39, 0.29) is 11.5 Å². The molecule has 0 aliphatic rings. The second-order valence-corrected chi connectivity index (χ2v) is 7.25. The Kier molecular flexibility index (Phi) is 5.46. The molecule has 0 fully saturated rings. The zero-order valence-electron chi connectivity index (χ0n) is 16.0. The highest BCUT2D eigenvalue weighted by Gasteiger charge is 2.12. The summed E-state index contributed by atoms with van der Waals surface area (Å²) in [6, 6.07) is 20.9. The molecule has 0 atom stereocenters. The van der Waals surface area contributed by atoms with E-state index in [9.17, 15) is 10.1 Å². The summed E-state index contributed by atoms with van der Waals surface area (Å²) in [6.07, 6.45) is 1.64. The van der Waals surface area contributed by atoms with Crippen LogP contribution in [-0.4, -0.2) is 20.6 Å². The lowest BCUT2D eigenvalue weighted by atomic mass is 10.1. The van der Waals surface area contributed by atoms with Crippen LogP contribution in [0, 0.1) is 18.3 Å². The maximum absolute atomic E-state index is 12.3. The highest BCUT2D eigenvalue weighted by Crippen LogP contribution is 2.25. The molecule has 0 spiro atoms. The predicted octanol–water partition coefficient (Wildman–Crippen LogP) is 4.19. The highest BCUT2D eigenvalue weighted by atomic mass is 32.1. The Morgan fingerprint density at radius 3 is 2.67 bits per heavy atom. The molecule has 30 heavy (non-hydrogen) atoms. The van der Waals surface area contributed by atoms with Crippen LogP contribution in [0.1, 0.15) is 16.8 Å². The molecule has 2 heterocycles. The minimum atomic E-state index is -0.522. The van der Waals surface area contributed by atoms with Crippen LogP contribution in [0.2, 0.25) is 0 Å². The van der Waals surface area contributed by atoms with Gasteiger partial charge in [-0.05, 0) is 41.7 Å². The molecule has 2 aromatic heterocycles. The second kappa shape index (κ2) is 8.51. The lowest BCUT2D eigenvalue weighted by Gasteiger charge is -2.06. The van der Waals surface area contributed by atoms with Gasteiger partial charge in [-0.15, -0.1) is 0 Å². The van der Waals surface area contributed by atoms with Gasteiger partial charge in [0.05, 0.1) is 22.5 Å². The molecule has 7 nitrogen and oxygen atoms in total. The molecule has 0 saturated carbocycles. The van der Waals surface area contributed by atoms with E-state index in [2.05, 4.69) is 24.9 Å². The first kappa shape index (κ1) is 19.2. The Morgan fingerprint density at radius 2 is 1.93 bits per heavy atom. The minimum absolute atomic E-state index is 0.0386. The second-order valence-electron chi connectivity index (χ2n) is 6.44. The molecule has 2 aromatic carbocycles. The number of H-pyrrole nitrogens is 1. The van der Waals surface area contributed by atoms with Gasteiger partial charge in [-0.2, -0.15) is 14.7 Å². The summed E-state index contributed by atoms with van der Waals surface area (Å²) < 4.78 is 4.31. The zero-order chi connectivity index (χ0) is 20.9. The molecule has 0 bridgehead atoms. The first-order chi connectivity index (χ1) is 14.6. The average molecular weight is 412 g/mol. The van der Waals surface area contributed by atoms with Crippen LogP contribution in [0.3, 0.4) is 0 Å². The third-order valence-corrected chi connectivity index (χ3v) is 5.19. The molecule has 2 N–H and O–H groups in total. The molecule has 0 aliphatic heterocycles. The smallest absolute Gasteiger partial charge is 0.270 e. The molecule has 8 heteroatoms. The Hall–Kier alpha value is -4.09. The fraction of sp³-hybridized carbons (Fsp3) is 0.0455. The fourth-order valence-corrected chi connectivity index (χ4v) is 3.63. The van der Waals surface area contributed by atoms with Crippen molar-refractivity contribution in [3.63, 3.8) is 0 Å². The number of hydrazone groups is 1. The summed E-state index contributed by atoms with van der Waals surface area (Å²) in [5.41, 5.74) is 6.09. The summed E-state index contributed by atoms with van der Waals surface area (Å²) in [5.74, 6) is 0.156. The Balaban J connectivity index is 1.59. The quantitative estimate of drug-likeness (QED) is 0.378. The van der Waals surface area contributed by atoms with Crippen LogP contribution < -0.4 is 11.0 Å². The number of nitriles is 1. The van der Waals surface area contributed by atoms with Gasteiger partial charge in [-0.1, -0.05) is 48.5 Å². The maximum Gasteiger partial charge on any atom is 0.270 e. The molecule has 0 aliphatic carbocycles. The average Bonchev–Trinajstić information content (AvgIpc) is 3.21. The van der Waals surface area contributed by atoms with E-state index in [0.717, 1.165) is 21.7 Å². The number of aromatic amines is 1. The monoisotopic (exact) mass is 412 g/mol. The largest absolute Gasteiger partial charge is 0.290 e. The van der Waals surface area contributed by atoms with Crippen molar-refractivity contribution >= 4 is 23.7 Å². The topological polar surface area (TPSA) is 107 Å². The van der Waals surface area contributed by atoms with Gasteiger partial charge in [0, 0.05) is 5.56 Å². The molecule has 0 amide bonds. The summed E-state index contributed by atoms with van der Waals surface area (Å²) >= 11 is 1.45. The third-order valence-electron chi connectivity index (χ3n) is 4.26. The number of nitrogens with one attached hydrogen (secondary N) is 2. The SMILES string of the molecule is Cc1cc(-c2cccc(C=NNc3nc(-c4ccccc4)c(C#N)c(=O)[nH]3)c2)sn1. The lowest BCUT2D eigenvalue weighted by Crippen LogP contribution is -2.16. The van der Waals surface area contributed by atoms with Crippen molar-refractivity contribution in [2.75, 3.05) is 5.43 Å². The van der Waals surface area contributed by atoms with Gasteiger partial charge in [0.25, 0.3) is 5.56 Å². The van der Waals surface area contributed by atoms with Crippen molar-refractivity contribution in [2.24, 2.45) is 5.10 Å². The van der Waals surface area contributed by atoms with Crippen LogP contribution in [0.15, 0.2) is 70.6 Å². The van der Waals surface area contributed by atoms with Crippen LogP contribution >= 0.6 is 11.5 Å². The maximum atomic E-state index is 12.3. The standard InChI is InChI=1S/C22H16N6OS/c1-14-10-19(30-28-14)17-9-5-6-15(11-17)13-24-27-22-25-20(16-7-3-2-4-8-16)18(12-23)21(29)26-22/h2-11,13H,1H3,(H2,25,26,27,29). The van der Waals surface area contributed by atoms with Gasteiger partial charge in [0.1, 0.15) is 11.6 Å². The van der Waals surface area contributed by atoms with Gasteiger partial charge in [0.2, 0.25) is 5.95 Å². The molecular formula is C22H16N6OS. The normalized spacial score (nSPS) is 10.8. The Bertz CT molecular complexity index is 1320. The van der Waals surface area contributed by atoms with Crippen molar-refractivity contribution < 1.29 is 0 Å². The zero-order valence-corrected chi connectivity index (χ0v) is 16.8. The highest BCUT2D eigenvalue weighted by molar-refractivity contribution is 7.09. The Labute approximate surface area is 176 Å². The number of rotatable bonds is 5. The molecule has 0 saturated heterocycles. The van der Waals surface area contributed by atoms with E-state index in [1.165, 1.54) is 11.5 Å². The van der Waals surface area contributed by atoms with Crippen molar-refractivity contribution in [3.05, 3.63) is 87.8 Å². The van der Waals surface area contributed by atoms with Crippen molar-refractivity contribution in [1.29, 1.82) is 5.26 Å². The lowest BCUT2D eigenvalue weighted by molar-refractivity contribution is 1.08. The first-order valence-electron chi connectivity index (χ1n) is 9.07. The van der Waals surface area contributed by atoms with E-state index in [0.29, 0.717) is 11.3 Å². The molecule has 0 unspecified atom stereocenters. The fourth-order valence-electron chi connectivity index (χ4n) is 2.87. The predicted molar refractivity (Wildman–Crippen MR) is 119 cm³/mol. The van der Waals surface area contributed by atoms with Crippen molar-refractivity contribution in [1.82, 2.24) is 14.3 Å². The number of aryl methyl sites for hydroxylation is 1. The van der Waals surface area contributed by atoms with Crippen LogP contribution in [-0.2, 0) is 0 Å². The number of aromatic nitrogens is 3. The Morgan fingerprint density at radius 1 is 1.13 bits per heavy atom. The molecular weight excluding hydrogens is 396 g/mol. The number of anilines is 1. The van der Waals surface area contributed by atoms with Gasteiger partial charge < -0.3 is 0 Å². The number of benzene rings is 2. The van der Waals surface area contributed by atoms with Gasteiger partial charge in [-0.3, -0.25) is 9.78 Å². The number of hydrogen-bond acceptors (Lipinski definition) is 7. The van der Waals surface area contributed by atoms with Crippen molar-refractivity contribution in [2.45, 2.75) is 6.92 Å². The van der Waals surface area contributed by atoms with Crippen LogP contribution in [0.25, 0.3) is 21.7 Å². The van der Waals surface area contributed by atoms with Crippen molar-refractivity contribution in [3.8, 4) is 27.8 Å². The van der Waals surface area contributed by atoms with Gasteiger partial charge >= 0.3 is 0 Å². The molecule has 4 aromatic rings. The van der Waals surface area contributed by atoms with E-state index in [4.69, 9.17) is 0 Å². The summed E-state index contributed by atoms with van der Waals surface area (Å²) in [5, 5.41) is 13.5. The van der Waals surface area contributed by atoms with Crippen LogP contribution in [0.4, 0.5) is 5.95 Å². The first-order valence-corrected chi connectivity index (χ1v) is 9.84. The third kappa shape index (κ3) is 4.16. The van der Waals surface area contributed by atoms with E-state index >= 15 is 0 Å². The number of hydrogen-bond donors (Lipinski definition) is 2. The van der Waals surface area contributed by atoms with E-state index in [1.807, 2.05) is 61.5 Å². The molecule has 0 radical (unpaired) electrons. The summed E-state index contributed by atoms with van der Waals surface area (Å²) in [6.45, 7) is 1.96. The summed E-state index contributed by atoms with van der Waals surface area (Å²) in [7, 11) is 0. The van der Waals surface area contributed by atoms with E-state index in [1.54, 1.807) is 18.3 Å². The summed E-state index contributed by atoms with van der Waals surface area (Å²) in [4.78, 5) is 20.3.